The number of benzene rings is 1. The predicted molar refractivity (Wildman–Crippen MR) is 113 cm³/mol. The Kier molecular flexibility index (Phi) is 6.67. The molecule has 1 fully saturated rings. The van der Waals surface area contributed by atoms with Gasteiger partial charge in [-0.2, -0.15) is 5.10 Å². The molecule has 0 saturated carbocycles. The Labute approximate surface area is 181 Å². The second-order valence-corrected chi connectivity index (χ2v) is 8.85. The van der Waals surface area contributed by atoms with E-state index in [9.17, 15) is 13.6 Å². The quantitative estimate of drug-likeness (QED) is 0.763. The maximum atomic E-state index is 13.5. The topological polar surface area (TPSA) is 59.4 Å². The van der Waals surface area contributed by atoms with Crippen LogP contribution < -0.4 is 5.32 Å². The summed E-state index contributed by atoms with van der Waals surface area (Å²) in [5.41, 5.74) is 3.26. The Bertz CT molecular complexity index is 918. The van der Waals surface area contributed by atoms with E-state index in [-0.39, 0.29) is 11.9 Å². The zero-order valence-electron chi connectivity index (χ0n) is 18.2. The number of nitrogens with one attached hydrogen (secondary N) is 1. The van der Waals surface area contributed by atoms with Gasteiger partial charge in [-0.15, -0.1) is 0 Å². The van der Waals surface area contributed by atoms with E-state index in [1.807, 2.05) is 9.58 Å². The lowest BCUT2D eigenvalue weighted by atomic mass is 9.90. The van der Waals surface area contributed by atoms with Crippen LogP contribution in [-0.4, -0.2) is 52.9 Å². The highest BCUT2D eigenvalue weighted by Gasteiger charge is 2.31. The third kappa shape index (κ3) is 5.13. The third-order valence-electron chi connectivity index (χ3n) is 5.90. The first-order valence-electron chi connectivity index (χ1n) is 11.0. The van der Waals surface area contributed by atoms with Gasteiger partial charge in [0.2, 0.25) is 0 Å². The fraction of sp³-hybridized carbons (Fsp3) is 0.565. The highest BCUT2D eigenvalue weighted by Crippen LogP contribution is 2.27. The van der Waals surface area contributed by atoms with Gasteiger partial charge in [0, 0.05) is 49.5 Å². The summed E-state index contributed by atoms with van der Waals surface area (Å²) in [7, 11) is 0. The molecule has 1 aliphatic heterocycles. The lowest BCUT2D eigenvalue weighted by molar-refractivity contribution is 0.0297. The molecule has 2 heterocycles. The summed E-state index contributed by atoms with van der Waals surface area (Å²) in [5.74, 6) is -0.754. The summed E-state index contributed by atoms with van der Waals surface area (Å²) >= 11 is 0. The Morgan fingerprint density at radius 2 is 1.94 bits per heavy atom. The molecule has 31 heavy (non-hydrogen) atoms. The molecule has 1 N–H and O–H groups in total. The SMILES string of the molecule is CC(C)Cn1nc(C(=O)N2CCOCC2)c2c1CCC(NCc1cc(F)cc(F)c1)C2. The van der Waals surface area contributed by atoms with E-state index in [1.54, 1.807) is 0 Å². The van der Waals surface area contributed by atoms with Crippen LogP contribution in [-0.2, 0) is 30.7 Å². The smallest absolute Gasteiger partial charge is 0.274 e. The summed E-state index contributed by atoms with van der Waals surface area (Å²) in [5, 5.41) is 8.15. The van der Waals surface area contributed by atoms with E-state index in [1.165, 1.54) is 12.1 Å². The number of rotatable bonds is 6. The van der Waals surface area contributed by atoms with E-state index >= 15 is 0 Å². The maximum absolute atomic E-state index is 13.5. The second-order valence-electron chi connectivity index (χ2n) is 8.85. The van der Waals surface area contributed by atoms with E-state index in [4.69, 9.17) is 9.84 Å². The van der Waals surface area contributed by atoms with Crippen molar-refractivity contribution in [3.8, 4) is 0 Å². The van der Waals surface area contributed by atoms with Crippen molar-refractivity contribution in [2.45, 2.75) is 52.2 Å². The first-order chi connectivity index (χ1) is 14.9. The number of amides is 1. The van der Waals surface area contributed by atoms with Crippen LogP contribution in [0.3, 0.4) is 0 Å². The minimum absolute atomic E-state index is 0.0325. The van der Waals surface area contributed by atoms with Crippen LogP contribution in [0.2, 0.25) is 0 Å². The second kappa shape index (κ2) is 9.44. The van der Waals surface area contributed by atoms with Crippen molar-refractivity contribution in [2.75, 3.05) is 26.3 Å². The Hall–Kier alpha value is -2.32. The van der Waals surface area contributed by atoms with E-state index in [0.29, 0.717) is 56.4 Å². The summed E-state index contributed by atoms with van der Waals surface area (Å²) in [6.45, 7) is 7.70. The maximum Gasteiger partial charge on any atom is 0.274 e. The fourth-order valence-corrected chi connectivity index (χ4v) is 4.42. The predicted octanol–water partition coefficient (Wildman–Crippen LogP) is 2.94. The van der Waals surface area contributed by atoms with Gasteiger partial charge in [-0.3, -0.25) is 9.48 Å². The van der Waals surface area contributed by atoms with Crippen molar-refractivity contribution < 1.29 is 18.3 Å². The van der Waals surface area contributed by atoms with Gasteiger partial charge in [-0.25, -0.2) is 8.78 Å². The van der Waals surface area contributed by atoms with Crippen molar-refractivity contribution in [3.05, 3.63) is 52.3 Å². The summed E-state index contributed by atoms with van der Waals surface area (Å²) in [6, 6.07) is 3.69. The van der Waals surface area contributed by atoms with Gasteiger partial charge in [0.25, 0.3) is 5.91 Å². The molecule has 168 valence electrons. The molecule has 2 aliphatic rings. The first-order valence-corrected chi connectivity index (χ1v) is 11.0. The number of nitrogens with zero attached hydrogens (tertiary/aromatic N) is 3. The molecule has 1 saturated heterocycles. The van der Waals surface area contributed by atoms with E-state index in [0.717, 1.165) is 36.7 Å². The lowest BCUT2D eigenvalue weighted by Gasteiger charge is -2.28. The van der Waals surface area contributed by atoms with Crippen molar-refractivity contribution in [2.24, 2.45) is 5.92 Å². The van der Waals surface area contributed by atoms with Gasteiger partial charge < -0.3 is 15.0 Å². The molecular weight excluding hydrogens is 402 g/mol. The average molecular weight is 433 g/mol. The number of fused-ring (bicyclic) bond motifs is 1. The van der Waals surface area contributed by atoms with Gasteiger partial charge in [0.1, 0.15) is 11.6 Å². The third-order valence-corrected chi connectivity index (χ3v) is 5.90. The van der Waals surface area contributed by atoms with Gasteiger partial charge in [-0.05, 0) is 42.9 Å². The molecule has 4 rings (SSSR count). The number of carbonyl (C=O) groups excluding carboxylic acids is 1. The molecule has 6 nitrogen and oxygen atoms in total. The zero-order chi connectivity index (χ0) is 22.0. The van der Waals surface area contributed by atoms with Crippen LogP contribution >= 0.6 is 0 Å². The number of carbonyl (C=O) groups is 1. The number of halogens is 2. The highest BCUT2D eigenvalue weighted by molar-refractivity contribution is 5.94. The average Bonchev–Trinajstić information content (AvgIpc) is 3.08. The molecule has 8 heteroatoms. The fourth-order valence-electron chi connectivity index (χ4n) is 4.42. The van der Waals surface area contributed by atoms with Crippen molar-refractivity contribution in [1.82, 2.24) is 20.0 Å². The first kappa shape index (κ1) is 21.9. The molecule has 2 aromatic rings. The molecule has 0 radical (unpaired) electrons. The van der Waals surface area contributed by atoms with Gasteiger partial charge in [-0.1, -0.05) is 13.8 Å². The van der Waals surface area contributed by atoms with Crippen molar-refractivity contribution in [3.63, 3.8) is 0 Å². The Morgan fingerprint density at radius 1 is 1.23 bits per heavy atom. The van der Waals surface area contributed by atoms with Crippen LogP contribution in [0.25, 0.3) is 0 Å². The van der Waals surface area contributed by atoms with Crippen LogP contribution in [0.5, 0.6) is 0 Å². The summed E-state index contributed by atoms with van der Waals surface area (Å²) in [4.78, 5) is 15.0. The van der Waals surface area contributed by atoms with Crippen LogP contribution in [0.1, 0.15) is 47.6 Å². The molecule has 1 amide bonds. The van der Waals surface area contributed by atoms with Crippen LogP contribution in [0.4, 0.5) is 8.78 Å². The van der Waals surface area contributed by atoms with Gasteiger partial charge in [0.15, 0.2) is 5.69 Å². The monoisotopic (exact) mass is 432 g/mol. The minimum Gasteiger partial charge on any atom is -0.378 e. The Balaban J connectivity index is 1.53. The normalized spacial score (nSPS) is 19.0. The molecule has 1 aromatic carbocycles. The van der Waals surface area contributed by atoms with Crippen LogP contribution in [0, 0.1) is 17.6 Å². The number of morpholine rings is 1. The van der Waals surface area contributed by atoms with E-state index < -0.39 is 11.6 Å². The molecular formula is C23H30F2N4O2. The largest absolute Gasteiger partial charge is 0.378 e. The van der Waals surface area contributed by atoms with Crippen molar-refractivity contribution >= 4 is 5.91 Å². The number of hydrogen-bond donors (Lipinski definition) is 1. The van der Waals surface area contributed by atoms with Gasteiger partial charge in [0.05, 0.1) is 13.2 Å². The zero-order valence-corrected chi connectivity index (χ0v) is 18.2. The van der Waals surface area contributed by atoms with Gasteiger partial charge >= 0.3 is 0 Å². The molecule has 1 unspecified atom stereocenters. The number of aromatic nitrogens is 2. The summed E-state index contributed by atoms with van der Waals surface area (Å²) < 4.78 is 34.4. The van der Waals surface area contributed by atoms with E-state index in [2.05, 4.69) is 19.2 Å². The molecule has 1 atom stereocenters. The molecule has 1 aliphatic carbocycles. The van der Waals surface area contributed by atoms with Crippen molar-refractivity contribution in [1.29, 1.82) is 0 Å². The molecule has 1 aromatic heterocycles. The van der Waals surface area contributed by atoms with Crippen LogP contribution in [0.15, 0.2) is 18.2 Å². The standard InChI is InChI=1S/C23H30F2N4O2/c1-15(2)14-29-21-4-3-19(26-13-16-9-17(24)11-18(25)10-16)12-20(21)22(27-29)23(30)28-5-7-31-8-6-28/h9-11,15,19,26H,3-8,12-14H2,1-2H3. The Morgan fingerprint density at radius 3 is 2.61 bits per heavy atom. The lowest BCUT2D eigenvalue weighted by Crippen LogP contribution is -2.41. The molecule has 0 spiro atoms. The highest BCUT2D eigenvalue weighted by atomic mass is 19.1. The number of ether oxygens (including phenoxy) is 1. The molecule has 0 bridgehead atoms. The number of hydrogen-bond acceptors (Lipinski definition) is 4. The minimum atomic E-state index is -0.573. The summed E-state index contributed by atoms with van der Waals surface area (Å²) in [6.07, 6.45) is 2.39.